The lowest BCUT2D eigenvalue weighted by Crippen LogP contribution is -2.15. The molecule has 0 aromatic rings. The molecule has 0 atom stereocenters. The normalized spacial score (nSPS) is 10.8. The summed E-state index contributed by atoms with van der Waals surface area (Å²) < 4.78 is 0. The Morgan fingerprint density at radius 3 is 1.92 bits per heavy atom. The van der Waals surface area contributed by atoms with E-state index in [-0.39, 0.29) is 0 Å². The molecule has 0 spiro atoms. The van der Waals surface area contributed by atoms with Crippen LogP contribution in [0.2, 0.25) is 0 Å². The Labute approximate surface area is 86.1 Å². The van der Waals surface area contributed by atoms with Crippen LogP contribution in [0, 0.1) is 0 Å². The maximum atomic E-state index is 6.19. The van der Waals surface area contributed by atoms with E-state index >= 15 is 0 Å². The van der Waals surface area contributed by atoms with Crippen LogP contribution in [0.4, 0.5) is 0 Å². The fraction of sp³-hybridized carbons (Fsp3) is 0.900. The zero-order valence-electron chi connectivity index (χ0n) is 9.10. The molecule has 0 saturated heterocycles. The first-order valence-corrected chi connectivity index (χ1v) is 5.46. The van der Waals surface area contributed by atoms with Crippen molar-refractivity contribution in [3.63, 3.8) is 0 Å². The molecule has 0 N–H and O–H groups in total. The predicted molar refractivity (Wildman–Crippen MR) is 57.4 cm³/mol. The first-order chi connectivity index (χ1) is 6.11. The number of halogens is 1. The Morgan fingerprint density at radius 2 is 1.62 bits per heavy atom. The maximum Gasteiger partial charge on any atom is 0.318 e. The molecule has 0 bridgehead atoms. The molecule has 13 heavy (non-hydrogen) atoms. The van der Waals surface area contributed by atoms with Crippen molar-refractivity contribution in [3.05, 3.63) is 0 Å². The minimum absolute atomic E-state index is 0.477. The van der Waals surface area contributed by atoms with E-state index in [2.05, 4.69) is 23.8 Å². The third kappa shape index (κ3) is 4.44. The van der Waals surface area contributed by atoms with Crippen molar-refractivity contribution < 1.29 is 4.79 Å². The van der Waals surface area contributed by atoms with Gasteiger partial charge in [-0.15, -0.1) is 0 Å². The van der Waals surface area contributed by atoms with E-state index in [0.29, 0.717) is 0 Å². The van der Waals surface area contributed by atoms with E-state index in [1.54, 1.807) is 0 Å². The summed E-state index contributed by atoms with van der Waals surface area (Å²) in [4.78, 5) is 3.71. The summed E-state index contributed by atoms with van der Waals surface area (Å²) in [5.74, 6) is 0. The van der Waals surface area contributed by atoms with Crippen molar-refractivity contribution in [1.82, 2.24) is 0 Å². The summed E-state index contributed by atoms with van der Waals surface area (Å²) in [6, 6.07) is 0. The van der Waals surface area contributed by atoms with Crippen molar-refractivity contribution >= 4 is 17.3 Å². The fourth-order valence-corrected chi connectivity index (χ4v) is 0.981. The molecule has 0 unspecified atom stereocenters. The highest BCUT2D eigenvalue weighted by molar-refractivity contribution is 6.23. The highest BCUT2D eigenvalue weighted by Gasteiger charge is 2.27. The van der Waals surface area contributed by atoms with Gasteiger partial charge in [0.25, 0.3) is 0 Å². The monoisotopic (exact) mass is 203 g/mol. The van der Waals surface area contributed by atoms with E-state index in [1.807, 2.05) is 13.8 Å². The van der Waals surface area contributed by atoms with E-state index in [0.717, 1.165) is 31.4 Å². The predicted octanol–water partition coefficient (Wildman–Crippen LogP) is 3.66. The minimum atomic E-state index is -0.477. The van der Waals surface area contributed by atoms with Crippen molar-refractivity contribution in [1.29, 1.82) is 0 Å². The van der Waals surface area contributed by atoms with Gasteiger partial charge < -0.3 is 0 Å². The second-order valence-corrected chi connectivity index (χ2v) is 3.80. The van der Waals surface area contributed by atoms with E-state index in [1.165, 1.54) is 0 Å². The van der Waals surface area contributed by atoms with Crippen LogP contribution in [0.1, 0.15) is 53.4 Å². The molecule has 0 radical (unpaired) electrons. The van der Waals surface area contributed by atoms with E-state index in [9.17, 15) is 0 Å². The molecule has 0 aliphatic heterocycles. The lowest BCUT2D eigenvalue weighted by Gasteiger charge is -2.08. The Bertz CT molecular complexity index is 195. The average molecular weight is 204 g/mol. The van der Waals surface area contributed by atoms with Crippen molar-refractivity contribution in [2.24, 2.45) is 5.11 Å². The Kier molecular flexibility index (Phi) is 6.02. The van der Waals surface area contributed by atoms with Gasteiger partial charge in [0.2, 0.25) is 5.00 Å². The van der Waals surface area contributed by atoms with Crippen LogP contribution in [0.25, 0.3) is 0 Å². The second-order valence-electron chi connectivity index (χ2n) is 3.10. The van der Waals surface area contributed by atoms with Gasteiger partial charge in [-0.05, 0) is 12.8 Å². The summed E-state index contributed by atoms with van der Waals surface area (Å²) in [6.45, 7) is 8.25. The quantitative estimate of drug-likeness (QED) is 0.214. The largest absolute Gasteiger partial charge is 0.318 e. The van der Waals surface area contributed by atoms with Gasteiger partial charge >= 0.3 is 5.71 Å². The lowest BCUT2D eigenvalue weighted by atomic mass is 10.2. The van der Waals surface area contributed by atoms with Crippen LogP contribution in [-0.2, 0) is 0 Å². The molecule has 0 rings (SSSR count). The van der Waals surface area contributed by atoms with Gasteiger partial charge in [-0.25, -0.2) is 0 Å². The zero-order chi connectivity index (χ0) is 10.3. The molecular formula is C10H20ClN2+. The first kappa shape index (κ1) is 12.7. The van der Waals surface area contributed by atoms with Crippen LogP contribution in [0.3, 0.4) is 0 Å². The van der Waals surface area contributed by atoms with E-state index in [4.69, 9.17) is 11.6 Å². The average Bonchev–Trinajstić information content (AvgIpc) is 2.19. The summed E-state index contributed by atoms with van der Waals surface area (Å²) in [6.07, 6.45) is 3.57. The van der Waals surface area contributed by atoms with Gasteiger partial charge in [0, 0.05) is 12.8 Å². The molecule has 0 aliphatic rings. The van der Waals surface area contributed by atoms with Crippen molar-refractivity contribution in [2.45, 2.75) is 58.4 Å². The summed E-state index contributed by atoms with van der Waals surface area (Å²) in [5.41, 5.74) is 1.12. The van der Waals surface area contributed by atoms with Crippen LogP contribution >= 0.6 is 11.6 Å². The van der Waals surface area contributed by atoms with Crippen molar-refractivity contribution in [3.8, 4) is 0 Å². The van der Waals surface area contributed by atoms with Gasteiger partial charge in [-0.2, -0.15) is 0 Å². The van der Waals surface area contributed by atoms with E-state index < -0.39 is 5.00 Å². The number of hydrogen-bond donors (Lipinski definition) is 0. The summed E-state index contributed by atoms with van der Waals surface area (Å²) in [5, 5.41) is 4.19. The van der Waals surface area contributed by atoms with Gasteiger partial charge in [0.1, 0.15) is 5.11 Å². The van der Waals surface area contributed by atoms with Crippen LogP contribution in [-0.4, -0.2) is 15.5 Å². The molecule has 0 saturated carbocycles. The maximum absolute atomic E-state index is 6.19. The van der Waals surface area contributed by atoms with Crippen LogP contribution < -0.4 is 0 Å². The molecule has 0 fully saturated rings. The number of hydrogen-bond acceptors (Lipinski definition) is 1. The zero-order valence-corrected chi connectivity index (χ0v) is 9.86. The fourth-order valence-electron chi connectivity index (χ4n) is 0.943. The molecule has 0 aromatic heterocycles. The number of nitrogens with zero attached hydrogens (tertiary/aromatic N) is 2. The molecule has 0 aromatic carbocycles. The van der Waals surface area contributed by atoms with Gasteiger partial charge in [0.05, 0.1) is 4.79 Å². The highest BCUT2D eigenvalue weighted by atomic mass is 35.5. The van der Waals surface area contributed by atoms with Gasteiger partial charge in [-0.3, -0.25) is 0 Å². The molecule has 2 nitrogen and oxygen atoms in total. The van der Waals surface area contributed by atoms with Crippen LogP contribution in [0.5, 0.6) is 0 Å². The molecule has 0 heterocycles. The van der Waals surface area contributed by atoms with Crippen molar-refractivity contribution in [2.75, 3.05) is 0 Å². The molecular weight excluding hydrogens is 184 g/mol. The Morgan fingerprint density at radius 1 is 1.15 bits per heavy atom. The summed E-state index contributed by atoms with van der Waals surface area (Å²) >= 11 is 6.19. The second kappa shape index (κ2) is 6.17. The first-order valence-electron chi connectivity index (χ1n) is 5.08. The van der Waals surface area contributed by atoms with Gasteiger partial charge in [0.15, 0.2) is 0 Å². The molecule has 76 valence electrons. The minimum Gasteiger partial charge on any atom is -0.0854 e. The highest BCUT2D eigenvalue weighted by Crippen LogP contribution is 2.24. The number of alkyl halides is 1. The third-order valence-electron chi connectivity index (χ3n) is 2.27. The van der Waals surface area contributed by atoms with Gasteiger partial charge in [-0.1, -0.05) is 39.3 Å². The molecule has 3 heteroatoms. The molecule has 0 amide bonds. The summed E-state index contributed by atoms with van der Waals surface area (Å²) in [7, 11) is 0. The lowest BCUT2D eigenvalue weighted by molar-refractivity contribution is -0.111. The SMILES string of the molecule is CCC(CC)=[N+]=NC(Cl)(CC)CC. The van der Waals surface area contributed by atoms with Crippen LogP contribution in [0.15, 0.2) is 5.11 Å². The third-order valence-corrected chi connectivity index (χ3v) is 2.88. The molecule has 0 aliphatic carbocycles. The number of rotatable bonds is 5. The topological polar surface area (TPSA) is 26.5 Å². The smallest absolute Gasteiger partial charge is 0.0854 e. The Hall–Kier alpha value is -0.330. The Balaban J connectivity index is 4.61. The standard InChI is InChI=1S/C10H20ClN2/c1-5-9(6-2)12-13-10(11,7-3)8-4/h5-8H2,1-4H3/q+1.